The van der Waals surface area contributed by atoms with E-state index in [4.69, 9.17) is 0 Å². The molecule has 1 saturated heterocycles. The van der Waals surface area contributed by atoms with Crippen LogP contribution in [0.3, 0.4) is 0 Å². The predicted octanol–water partition coefficient (Wildman–Crippen LogP) is 0.493. The Bertz CT molecular complexity index is 238. The number of carbonyl (C=O) groups excluding carboxylic acids is 1. The Hall–Kier alpha value is -0.810. The van der Waals surface area contributed by atoms with E-state index < -0.39 is 0 Å². The molecule has 1 fully saturated rings. The molecule has 100 valence electrons. The van der Waals surface area contributed by atoms with Gasteiger partial charge in [0.1, 0.15) is 0 Å². The molecule has 1 aliphatic rings. The lowest BCUT2D eigenvalue weighted by atomic mass is 10.2. The number of hydrogen-bond acceptors (Lipinski definition) is 3. The van der Waals surface area contributed by atoms with Gasteiger partial charge in [-0.2, -0.15) is 0 Å². The lowest BCUT2D eigenvalue weighted by Crippen LogP contribution is -2.53. The van der Waals surface area contributed by atoms with Gasteiger partial charge in [-0.05, 0) is 20.3 Å². The fourth-order valence-corrected chi connectivity index (χ4v) is 1.90. The van der Waals surface area contributed by atoms with Crippen LogP contribution in [0.15, 0.2) is 0 Å². The summed E-state index contributed by atoms with van der Waals surface area (Å²) in [5, 5.41) is 12.5. The molecule has 5 heteroatoms. The second kappa shape index (κ2) is 6.81. The smallest absolute Gasteiger partial charge is 0.317 e. The van der Waals surface area contributed by atoms with Gasteiger partial charge in [0, 0.05) is 38.8 Å². The van der Waals surface area contributed by atoms with Crippen molar-refractivity contribution in [1.29, 1.82) is 0 Å². The number of amides is 2. The van der Waals surface area contributed by atoms with Crippen LogP contribution >= 0.6 is 0 Å². The molecule has 2 N–H and O–H groups in total. The Morgan fingerprint density at radius 2 is 1.88 bits per heavy atom. The molecule has 2 amide bonds. The number of rotatable bonds is 4. The summed E-state index contributed by atoms with van der Waals surface area (Å²) in [4.78, 5) is 15.8. The molecule has 0 radical (unpaired) electrons. The van der Waals surface area contributed by atoms with Gasteiger partial charge in [0.2, 0.25) is 0 Å². The van der Waals surface area contributed by atoms with E-state index in [0.717, 1.165) is 39.1 Å². The van der Waals surface area contributed by atoms with Crippen LogP contribution < -0.4 is 5.32 Å². The predicted molar refractivity (Wildman–Crippen MR) is 68.0 cm³/mol. The van der Waals surface area contributed by atoms with Crippen molar-refractivity contribution in [3.05, 3.63) is 0 Å². The molecule has 0 spiro atoms. The van der Waals surface area contributed by atoms with Crippen molar-refractivity contribution in [2.24, 2.45) is 0 Å². The van der Waals surface area contributed by atoms with Crippen molar-refractivity contribution >= 4 is 6.03 Å². The third-order valence-corrected chi connectivity index (χ3v) is 3.01. The highest BCUT2D eigenvalue weighted by atomic mass is 16.3. The van der Waals surface area contributed by atoms with Gasteiger partial charge < -0.3 is 15.3 Å². The van der Waals surface area contributed by atoms with Crippen molar-refractivity contribution in [2.45, 2.75) is 39.3 Å². The van der Waals surface area contributed by atoms with E-state index in [-0.39, 0.29) is 18.2 Å². The summed E-state index contributed by atoms with van der Waals surface area (Å²) in [5.41, 5.74) is 0. The van der Waals surface area contributed by atoms with Gasteiger partial charge in [0.25, 0.3) is 0 Å². The average Bonchev–Trinajstić information content (AvgIpc) is 2.28. The first-order valence-corrected chi connectivity index (χ1v) is 6.48. The van der Waals surface area contributed by atoms with Gasteiger partial charge >= 0.3 is 6.03 Å². The molecule has 0 aromatic heterocycles. The van der Waals surface area contributed by atoms with E-state index in [9.17, 15) is 9.90 Å². The van der Waals surface area contributed by atoms with Crippen molar-refractivity contribution in [1.82, 2.24) is 15.1 Å². The minimum absolute atomic E-state index is 0.0238. The SMILES string of the molecule is CC[C@@H](O)CN1CCN(C(=O)NC(C)C)CC1. The first-order chi connectivity index (χ1) is 8.02. The summed E-state index contributed by atoms with van der Waals surface area (Å²) >= 11 is 0. The summed E-state index contributed by atoms with van der Waals surface area (Å²) in [6.07, 6.45) is 0.541. The molecule has 0 aromatic rings. The van der Waals surface area contributed by atoms with E-state index in [1.807, 2.05) is 25.7 Å². The number of aliphatic hydroxyl groups is 1. The highest BCUT2D eigenvalue weighted by molar-refractivity contribution is 5.74. The summed E-state index contributed by atoms with van der Waals surface area (Å²) < 4.78 is 0. The van der Waals surface area contributed by atoms with Crippen molar-refractivity contribution < 1.29 is 9.90 Å². The first-order valence-electron chi connectivity index (χ1n) is 6.48. The molecule has 0 unspecified atom stereocenters. The lowest BCUT2D eigenvalue weighted by Gasteiger charge is -2.35. The average molecular weight is 243 g/mol. The third kappa shape index (κ3) is 4.91. The van der Waals surface area contributed by atoms with E-state index in [0.29, 0.717) is 0 Å². The molecule has 0 bridgehead atoms. The van der Waals surface area contributed by atoms with E-state index in [1.165, 1.54) is 0 Å². The summed E-state index contributed by atoms with van der Waals surface area (Å²) in [6, 6.07) is 0.207. The van der Waals surface area contributed by atoms with Crippen molar-refractivity contribution in [3.63, 3.8) is 0 Å². The van der Waals surface area contributed by atoms with Crippen LogP contribution in [0, 0.1) is 0 Å². The van der Waals surface area contributed by atoms with Gasteiger partial charge in [-0.25, -0.2) is 4.79 Å². The Balaban J connectivity index is 2.28. The second-order valence-corrected chi connectivity index (χ2v) is 4.95. The molecule has 1 rings (SSSR count). The topological polar surface area (TPSA) is 55.8 Å². The Kier molecular flexibility index (Phi) is 5.71. The van der Waals surface area contributed by atoms with Gasteiger partial charge in [-0.15, -0.1) is 0 Å². The summed E-state index contributed by atoms with van der Waals surface area (Å²) in [6.45, 7) is 9.82. The molecule has 0 aliphatic carbocycles. The number of β-amino-alcohol motifs (C(OH)–C–C–N with tert-alkyl or cyclic N) is 1. The molecule has 1 atom stereocenters. The minimum Gasteiger partial charge on any atom is -0.392 e. The number of carbonyl (C=O) groups is 1. The molecular weight excluding hydrogens is 218 g/mol. The zero-order valence-corrected chi connectivity index (χ0v) is 11.1. The number of piperazine rings is 1. The van der Waals surface area contributed by atoms with E-state index >= 15 is 0 Å². The van der Waals surface area contributed by atoms with Crippen LogP contribution in [0.5, 0.6) is 0 Å². The van der Waals surface area contributed by atoms with Crippen molar-refractivity contribution in [3.8, 4) is 0 Å². The Labute approximate surface area is 104 Å². The molecule has 0 aromatic carbocycles. The molecule has 17 heavy (non-hydrogen) atoms. The van der Waals surface area contributed by atoms with Gasteiger partial charge in [0.15, 0.2) is 0 Å². The molecule has 5 nitrogen and oxygen atoms in total. The van der Waals surface area contributed by atoms with Crippen LogP contribution in [0.25, 0.3) is 0 Å². The van der Waals surface area contributed by atoms with Crippen LogP contribution in [0.1, 0.15) is 27.2 Å². The van der Waals surface area contributed by atoms with Crippen LogP contribution in [-0.2, 0) is 0 Å². The van der Waals surface area contributed by atoms with E-state index in [1.54, 1.807) is 0 Å². The zero-order valence-electron chi connectivity index (χ0n) is 11.1. The number of urea groups is 1. The maximum atomic E-state index is 11.7. The number of hydrogen-bond donors (Lipinski definition) is 2. The summed E-state index contributed by atoms with van der Waals surface area (Å²) in [5.74, 6) is 0. The largest absolute Gasteiger partial charge is 0.392 e. The fraction of sp³-hybridized carbons (Fsp3) is 0.917. The minimum atomic E-state index is -0.244. The second-order valence-electron chi connectivity index (χ2n) is 4.95. The Morgan fingerprint density at radius 3 is 2.35 bits per heavy atom. The van der Waals surface area contributed by atoms with Gasteiger partial charge in [-0.3, -0.25) is 4.90 Å². The monoisotopic (exact) mass is 243 g/mol. The number of nitrogens with zero attached hydrogens (tertiary/aromatic N) is 2. The van der Waals surface area contributed by atoms with Gasteiger partial charge in [-0.1, -0.05) is 6.92 Å². The molecule has 1 heterocycles. The van der Waals surface area contributed by atoms with Crippen molar-refractivity contribution in [2.75, 3.05) is 32.7 Å². The highest BCUT2D eigenvalue weighted by Crippen LogP contribution is 2.04. The van der Waals surface area contributed by atoms with Gasteiger partial charge in [0.05, 0.1) is 6.10 Å². The zero-order chi connectivity index (χ0) is 12.8. The standard InChI is InChI=1S/C12H25N3O2/c1-4-11(16)9-14-5-7-15(8-6-14)12(17)13-10(2)3/h10-11,16H,4-9H2,1-3H3,(H,13,17)/t11-/m1/s1. The lowest BCUT2D eigenvalue weighted by molar-refractivity contribution is 0.0789. The Morgan fingerprint density at radius 1 is 1.29 bits per heavy atom. The fourth-order valence-electron chi connectivity index (χ4n) is 1.90. The molecule has 0 saturated carbocycles. The van der Waals surface area contributed by atoms with Crippen LogP contribution in [0.2, 0.25) is 0 Å². The normalized spacial score (nSPS) is 19.5. The first kappa shape index (κ1) is 14.3. The van der Waals surface area contributed by atoms with E-state index in [2.05, 4.69) is 10.2 Å². The van der Waals surface area contributed by atoms with Crippen LogP contribution in [0.4, 0.5) is 4.79 Å². The van der Waals surface area contributed by atoms with Crippen LogP contribution in [-0.4, -0.2) is 65.8 Å². The molecule has 1 aliphatic heterocycles. The maximum absolute atomic E-state index is 11.7. The quantitative estimate of drug-likeness (QED) is 0.755. The summed E-state index contributed by atoms with van der Waals surface area (Å²) in [7, 11) is 0. The number of aliphatic hydroxyl groups excluding tert-OH is 1. The third-order valence-electron chi connectivity index (χ3n) is 3.01. The maximum Gasteiger partial charge on any atom is 0.317 e. The molecular formula is C12H25N3O2. The number of nitrogens with one attached hydrogen (secondary N) is 1. The highest BCUT2D eigenvalue weighted by Gasteiger charge is 2.22.